The highest BCUT2D eigenvalue weighted by Gasteiger charge is 2.43. The van der Waals surface area contributed by atoms with E-state index in [4.69, 9.17) is 4.74 Å². The molecule has 0 amide bonds. The number of aromatic nitrogens is 1. The second-order valence-electron chi connectivity index (χ2n) is 10.1. The first-order valence-electron chi connectivity index (χ1n) is 12.4. The summed E-state index contributed by atoms with van der Waals surface area (Å²) >= 11 is 0. The Labute approximate surface area is 211 Å². The van der Waals surface area contributed by atoms with Gasteiger partial charge in [0.15, 0.2) is 0 Å². The van der Waals surface area contributed by atoms with Crippen LogP contribution in [0.15, 0.2) is 36.4 Å². The second-order valence-corrected chi connectivity index (χ2v) is 10.1. The number of fused-ring (bicyclic) bond motifs is 3. The van der Waals surface area contributed by atoms with Gasteiger partial charge >= 0.3 is 0 Å². The molecule has 0 unspecified atom stereocenters. The Morgan fingerprint density at radius 1 is 1.14 bits per heavy atom. The summed E-state index contributed by atoms with van der Waals surface area (Å²) in [5.41, 5.74) is 1.69. The smallest absolute Gasteiger partial charge is 0.283 e. The van der Waals surface area contributed by atoms with Crippen LogP contribution in [0.5, 0.6) is 5.75 Å². The number of aliphatic hydroxyl groups is 1. The summed E-state index contributed by atoms with van der Waals surface area (Å²) < 4.78 is 78.1. The van der Waals surface area contributed by atoms with Crippen LogP contribution in [0.25, 0.3) is 10.9 Å². The van der Waals surface area contributed by atoms with E-state index >= 15 is 8.78 Å². The summed E-state index contributed by atoms with van der Waals surface area (Å²) in [6, 6.07) is 7.92. The van der Waals surface area contributed by atoms with Crippen molar-refractivity contribution in [2.45, 2.75) is 31.4 Å². The van der Waals surface area contributed by atoms with E-state index in [-0.39, 0.29) is 30.5 Å². The summed E-state index contributed by atoms with van der Waals surface area (Å²) in [6.45, 7) is 1.07. The van der Waals surface area contributed by atoms with E-state index in [2.05, 4.69) is 4.98 Å². The first-order chi connectivity index (χ1) is 17.7. The van der Waals surface area contributed by atoms with Crippen molar-refractivity contribution in [1.82, 2.24) is 14.8 Å². The van der Waals surface area contributed by atoms with Gasteiger partial charge in [-0.25, -0.2) is 17.6 Å². The van der Waals surface area contributed by atoms with Gasteiger partial charge in [0, 0.05) is 65.9 Å². The van der Waals surface area contributed by atoms with Crippen molar-refractivity contribution in [3.63, 3.8) is 0 Å². The Bertz CT molecular complexity index is 1240. The molecule has 0 aliphatic carbocycles. The van der Waals surface area contributed by atoms with Crippen molar-refractivity contribution in [1.29, 1.82) is 0 Å². The predicted octanol–water partition coefficient (Wildman–Crippen LogP) is 4.69. The molecule has 3 aromatic rings. The number of aliphatic hydroxyl groups excluding tert-OH is 1. The molecule has 5 nitrogen and oxygen atoms in total. The summed E-state index contributed by atoms with van der Waals surface area (Å²) in [4.78, 5) is 6.55. The quantitative estimate of drug-likeness (QED) is 0.400. The summed E-state index contributed by atoms with van der Waals surface area (Å²) in [5, 5.41) is 10.1. The number of nitrogens with one attached hydrogen (secondary N) is 1. The molecule has 3 heterocycles. The minimum absolute atomic E-state index is 0.00530. The van der Waals surface area contributed by atoms with E-state index in [9.17, 15) is 18.3 Å². The molecule has 2 atom stereocenters. The third-order valence-electron chi connectivity index (χ3n) is 7.42. The van der Waals surface area contributed by atoms with E-state index in [0.29, 0.717) is 31.7 Å². The SMILES string of the molecule is C[C@@H]1Cc2c([nH]c3ccccc23)[C@@H](c2c(F)cc(OCCN3CC(CF)C3)cc2F)N1CC(F)(F)CO. The number of rotatable bonds is 9. The molecular formula is C27H30F5N3O2. The Morgan fingerprint density at radius 3 is 2.51 bits per heavy atom. The molecule has 10 heteroatoms. The first kappa shape index (κ1) is 25.9. The molecule has 1 aromatic heterocycles. The molecule has 5 rings (SSSR count). The highest BCUT2D eigenvalue weighted by Crippen LogP contribution is 2.43. The highest BCUT2D eigenvalue weighted by molar-refractivity contribution is 5.85. The number of benzene rings is 2. The topological polar surface area (TPSA) is 51.7 Å². The third kappa shape index (κ3) is 5.06. The minimum Gasteiger partial charge on any atom is -0.492 e. The number of likely N-dealkylation sites (tertiary alicyclic amines) is 1. The fraction of sp³-hybridized carbons (Fsp3) is 0.481. The van der Waals surface area contributed by atoms with E-state index in [1.165, 1.54) is 4.90 Å². The van der Waals surface area contributed by atoms with E-state index in [1.54, 1.807) is 6.92 Å². The van der Waals surface area contributed by atoms with Crippen molar-refractivity contribution < 1.29 is 31.8 Å². The molecule has 2 N–H and O–H groups in total. The molecule has 0 spiro atoms. The summed E-state index contributed by atoms with van der Waals surface area (Å²) in [7, 11) is 0. The van der Waals surface area contributed by atoms with Crippen LogP contribution in [0.3, 0.4) is 0 Å². The largest absolute Gasteiger partial charge is 0.492 e. The lowest BCUT2D eigenvalue weighted by Crippen LogP contribution is -2.49. The molecule has 2 aliphatic rings. The number of hydrogen-bond acceptors (Lipinski definition) is 4. The van der Waals surface area contributed by atoms with Crippen LogP contribution < -0.4 is 4.74 Å². The van der Waals surface area contributed by atoms with Crippen molar-refractivity contribution in [3.8, 4) is 5.75 Å². The lowest BCUT2D eigenvalue weighted by Gasteiger charge is -2.42. The monoisotopic (exact) mass is 523 g/mol. The van der Waals surface area contributed by atoms with Crippen molar-refractivity contribution in [2.75, 3.05) is 46.1 Å². The number of H-pyrrole nitrogens is 1. The van der Waals surface area contributed by atoms with Gasteiger partial charge in [-0.3, -0.25) is 14.2 Å². The zero-order valence-electron chi connectivity index (χ0n) is 20.5. The number of nitrogens with zero attached hydrogens (tertiary/aromatic N) is 2. The second kappa shape index (κ2) is 10.2. The average molecular weight is 524 g/mol. The predicted molar refractivity (Wildman–Crippen MR) is 130 cm³/mol. The summed E-state index contributed by atoms with van der Waals surface area (Å²) in [5.74, 6) is -5.24. The number of alkyl halides is 3. The Balaban J connectivity index is 1.47. The maximum Gasteiger partial charge on any atom is 0.283 e. The number of hydrogen-bond donors (Lipinski definition) is 2. The van der Waals surface area contributed by atoms with Crippen LogP contribution >= 0.6 is 0 Å². The summed E-state index contributed by atoms with van der Waals surface area (Å²) in [6.07, 6.45) is 0.404. The number of para-hydroxylation sites is 1. The lowest BCUT2D eigenvalue weighted by molar-refractivity contribution is -0.0869. The molecule has 0 bridgehead atoms. The van der Waals surface area contributed by atoms with Crippen LogP contribution in [-0.4, -0.2) is 77.9 Å². The number of aromatic amines is 1. The molecule has 0 saturated carbocycles. The van der Waals surface area contributed by atoms with Gasteiger partial charge in [-0.05, 0) is 25.0 Å². The molecule has 1 fully saturated rings. The van der Waals surface area contributed by atoms with Crippen molar-refractivity contribution >= 4 is 10.9 Å². The lowest BCUT2D eigenvalue weighted by atomic mass is 9.87. The number of ether oxygens (including phenoxy) is 1. The van der Waals surface area contributed by atoms with E-state index < -0.39 is 42.8 Å². The van der Waals surface area contributed by atoms with Crippen molar-refractivity contribution in [3.05, 3.63) is 64.9 Å². The highest BCUT2D eigenvalue weighted by atomic mass is 19.3. The van der Waals surface area contributed by atoms with Gasteiger partial charge < -0.3 is 14.8 Å². The minimum atomic E-state index is -3.45. The maximum absolute atomic E-state index is 15.6. The zero-order chi connectivity index (χ0) is 26.3. The van der Waals surface area contributed by atoms with E-state index in [1.807, 2.05) is 29.2 Å². The fourth-order valence-corrected chi connectivity index (χ4v) is 5.54. The van der Waals surface area contributed by atoms with Crippen molar-refractivity contribution in [2.24, 2.45) is 5.92 Å². The van der Waals surface area contributed by atoms with Gasteiger partial charge in [0.2, 0.25) is 0 Å². The van der Waals surface area contributed by atoms with Gasteiger partial charge in [0.25, 0.3) is 5.92 Å². The van der Waals surface area contributed by atoms with Gasteiger partial charge in [0.1, 0.15) is 30.6 Å². The molecule has 0 radical (unpaired) electrons. The van der Waals surface area contributed by atoms with Crippen LogP contribution in [-0.2, 0) is 6.42 Å². The third-order valence-corrected chi connectivity index (χ3v) is 7.42. The van der Waals surface area contributed by atoms with Crippen LogP contribution in [0.1, 0.15) is 29.8 Å². The molecule has 2 aromatic carbocycles. The Morgan fingerprint density at radius 2 is 1.84 bits per heavy atom. The average Bonchev–Trinajstić information content (AvgIpc) is 3.20. The standard InChI is InChI=1S/C27H30F5N3O2/c1-16-8-20-19-4-2-3-5-23(19)33-25(20)26(35(16)14-27(31,32)15-36)24-21(29)9-18(10-22(24)30)37-7-6-34-12-17(11-28)13-34/h2-5,9-10,16-17,26,33,36H,6-8,11-15H2,1H3/t16-,26-/m1/s1. The Hall–Kier alpha value is -2.69. The van der Waals surface area contributed by atoms with Gasteiger partial charge in [0.05, 0.1) is 19.3 Å². The van der Waals surface area contributed by atoms with Gasteiger partial charge in [-0.15, -0.1) is 0 Å². The fourth-order valence-electron chi connectivity index (χ4n) is 5.54. The molecule has 37 heavy (non-hydrogen) atoms. The number of halogens is 5. The zero-order valence-corrected chi connectivity index (χ0v) is 20.5. The molecular weight excluding hydrogens is 493 g/mol. The first-order valence-corrected chi connectivity index (χ1v) is 12.4. The Kier molecular flexibility index (Phi) is 7.17. The normalized spacial score (nSPS) is 21.3. The van der Waals surface area contributed by atoms with Crippen LogP contribution in [0, 0.1) is 17.6 Å². The maximum atomic E-state index is 15.6. The van der Waals surface area contributed by atoms with Gasteiger partial charge in [-0.2, -0.15) is 0 Å². The van der Waals surface area contributed by atoms with Crippen LogP contribution in [0.2, 0.25) is 0 Å². The molecule has 2 aliphatic heterocycles. The van der Waals surface area contributed by atoms with E-state index in [0.717, 1.165) is 28.6 Å². The van der Waals surface area contributed by atoms with Crippen LogP contribution in [0.4, 0.5) is 22.0 Å². The molecule has 1 saturated heterocycles. The van der Waals surface area contributed by atoms with Gasteiger partial charge in [-0.1, -0.05) is 18.2 Å². The molecule has 200 valence electrons.